The highest BCUT2D eigenvalue weighted by Gasteiger charge is 2.27. The summed E-state index contributed by atoms with van der Waals surface area (Å²) in [6.07, 6.45) is 0.867. The molecule has 2 N–H and O–H groups in total. The minimum absolute atomic E-state index is 0.0599. The molecule has 2 aromatic carbocycles. The first kappa shape index (κ1) is 23.1. The molecular formula is C26H30N4O2S. The zero-order valence-corrected chi connectivity index (χ0v) is 20.1. The van der Waals surface area contributed by atoms with Crippen LogP contribution >= 0.6 is 11.3 Å². The van der Waals surface area contributed by atoms with Gasteiger partial charge in [-0.15, -0.1) is 11.3 Å². The predicted molar refractivity (Wildman–Crippen MR) is 132 cm³/mol. The van der Waals surface area contributed by atoms with Gasteiger partial charge in [0.2, 0.25) is 5.91 Å². The molecule has 0 bridgehead atoms. The Morgan fingerprint density at radius 3 is 2.52 bits per heavy atom. The Hall–Kier alpha value is -3.03. The number of thiazole rings is 1. The van der Waals surface area contributed by atoms with Crippen LogP contribution in [0, 0.1) is 12.8 Å². The molecule has 0 radical (unpaired) electrons. The Morgan fingerprint density at radius 2 is 1.82 bits per heavy atom. The summed E-state index contributed by atoms with van der Waals surface area (Å²) in [5, 5.41) is 6.43. The van der Waals surface area contributed by atoms with Crippen LogP contribution in [0.15, 0.2) is 54.6 Å². The molecule has 0 spiro atoms. The van der Waals surface area contributed by atoms with Crippen molar-refractivity contribution >= 4 is 28.3 Å². The Bertz CT molecular complexity index is 1110. The van der Waals surface area contributed by atoms with Crippen LogP contribution in [0.3, 0.4) is 0 Å². The van der Waals surface area contributed by atoms with E-state index in [1.807, 2.05) is 39.0 Å². The lowest BCUT2D eigenvalue weighted by Crippen LogP contribution is -2.47. The van der Waals surface area contributed by atoms with Crippen LogP contribution in [0.5, 0.6) is 0 Å². The van der Waals surface area contributed by atoms with Crippen LogP contribution in [0.2, 0.25) is 0 Å². The fraction of sp³-hybridized carbons (Fsp3) is 0.346. The number of hydrogen-bond donors (Lipinski definition) is 2. The van der Waals surface area contributed by atoms with Crippen molar-refractivity contribution in [2.45, 2.75) is 46.3 Å². The molecule has 0 fully saturated rings. The molecule has 2 amide bonds. The van der Waals surface area contributed by atoms with Gasteiger partial charge >= 0.3 is 0 Å². The third kappa shape index (κ3) is 5.86. The first-order valence-corrected chi connectivity index (χ1v) is 12.1. The van der Waals surface area contributed by atoms with Gasteiger partial charge < -0.3 is 10.6 Å². The van der Waals surface area contributed by atoms with Crippen LogP contribution < -0.4 is 10.6 Å². The Morgan fingerprint density at radius 1 is 1.09 bits per heavy atom. The molecule has 7 heteroatoms. The smallest absolute Gasteiger partial charge is 0.251 e. The third-order valence-electron chi connectivity index (χ3n) is 5.84. The largest absolute Gasteiger partial charge is 0.340 e. The van der Waals surface area contributed by atoms with Crippen LogP contribution in [0.4, 0.5) is 5.13 Å². The van der Waals surface area contributed by atoms with E-state index >= 15 is 0 Å². The quantitative estimate of drug-likeness (QED) is 0.546. The normalized spacial score (nSPS) is 14.5. The molecule has 3 aromatic rings. The van der Waals surface area contributed by atoms with E-state index in [4.69, 9.17) is 0 Å². The summed E-state index contributed by atoms with van der Waals surface area (Å²) in [5.74, 6) is -0.549. The number of carbonyl (C=O) groups is 2. The predicted octanol–water partition coefficient (Wildman–Crippen LogP) is 4.40. The molecule has 1 aliphatic heterocycles. The number of aryl methyl sites for hydroxylation is 1. The van der Waals surface area contributed by atoms with E-state index in [2.05, 4.69) is 44.8 Å². The van der Waals surface area contributed by atoms with Crippen LogP contribution in [0.25, 0.3) is 0 Å². The average Bonchev–Trinajstić information content (AvgIpc) is 3.19. The number of carbonyl (C=O) groups excluding carboxylic acids is 2. The number of benzene rings is 2. The maximum Gasteiger partial charge on any atom is 0.251 e. The summed E-state index contributed by atoms with van der Waals surface area (Å²) in [6, 6.07) is 17.1. The molecule has 1 unspecified atom stereocenters. The number of amides is 2. The average molecular weight is 463 g/mol. The first-order valence-electron chi connectivity index (χ1n) is 11.3. The van der Waals surface area contributed by atoms with E-state index in [-0.39, 0.29) is 17.7 Å². The summed E-state index contributed by atoms with van der Waals surface area (Å²) >= 11 is 1.53. The van der Waals surface area contributed by atoms with Gasteiger partial charge in [-0.2, -0.15) is 0 Å². The number of hydrogen-bond acceptors (Lipinski definition) is 5. The van der Waals surface area contributed by atoms with E-state index in [1.54, 1.807) is 12.1 Å². The van der Waals surface area contributed by atoms with E-state index in [1.165, 1.54) is 21.8 Å². The molecule has 1 atom stereocenters. The third-order valence-corrected chi connectivity index (χ3v) is 6.84. The van der Waals surface area contributed by atoms with Crippen molar-refractivity contribution in [1.29, 1.82) is 0 Å². The molecule has 0 saturated heterocycles. The van der Waals surface area contributed by atoms with E-state index in [9.17, 15) is 9.59 Å². The molecule has 6 nitrogen and oxygen atoms in total. The van der Waals surface area contributed by atoms with Gasteiger partial charge in [0, 0.05) is 36.5 Å². The number of nitrogens with zero attached hydrogens (tertiary/aromatic N) is 2. The Balaban J connectivity index is 1.39. The second-order valence-electron chi connectivity index (χ2n) is 8.89. The Labute approximate surface area is 199 Å². The summed E-state index contributed by atoms with van der Waals surface area (Å²) < 4.78 is 0. The van der Waals surface area contributed by atoms with Crippen molar-refractivity contribution in [3.8, 4) is 0 Å². The number of rotatable bonds is 7. The van der Waals surface area contributed by atoms with Crippen molar-refractivity contribution in [2.75, 3.05) is 11.9 Å². The van der Waals surface area contributed by atoms with Crippen molar-refractivity contribution < 1.29 is 9.59 Å². The van der Waals surface area contributed by atoms with Crippen molar-refractivity contribution in [3.05, 3.63) is 81.9 Å². The van der Waals surface area contributed by atoms with E-state index < -0.39 is 6.04 Å². The number of fused-ring (bicyclic) bond motifs is 1. The Kier molecular flexibility index (Phi) is 7.20. The maximum absolute atomic E-state index is 13.0. The summed E-state index contributed by atoms with van der Waals surface area (Å²) in [5.41, 5.74) is 3.98. The molecule has 0 saturated carbocycles. The lowest BCUT2D eigenvalue weighted by atomic mass is 10.0. The minimum Gasteiger partial charge on any atom is -0.340 e. The highest BCUT2D eigenvalue weighted by Crippen LogP contribution is 2.29. The van der Waals surface area contributed by atoms with Crippen LogP contribution in [-0.4, -0.2) is 34.3 Å². The molecule has 1 aromatic heterocycles. The molecule has 33 heavy (non-hydrogen) atoms. The number of nitrogens with one attached hydrogen (secondary N) is 2. The molecule has 1 aliphatic rings. The number of anilines is 1. The van der Waals surface area contributed by atoms with Gasteiger partial charge in [0.05, 0.1) is 5.69 Å². The molecule has 4 rings (SSSR count). The minimum atomic E-state index is -0.644. The van der Waals surface area contributed by atoms with Gasteiger partial charge in [0.1, 0.15) is 6.04 Å². The fourth-order valence-electron chi connectivity index (χ4n) is 3.93. The standard InChI is InChI=1S/C26H30N4O2S/c1-17(2)23(28-24(31)20-11-9-18(3)10-12-20)25(32)29-26-27-21-13-14-30(16-22(21)33-26)15-19-7-5-4-6-8-19/h4-12,17,23H,13-16H2,1-3H3,(H,28,31)(H,27,29,32). The second kappa shape index (κ2) is 10.3. The summed E-state index contributed by atoms with van der Waals surface area (Å²) in [4.78, 5) is 34.0. The lowest BCUT2D eigenvalue weighted by molar-refractivity contribution is -0.118. The molecular weight excluding hydrogens is 432 g/mol. The maximum atomic E-state index is 13.0. The second-order valence-corrected chi connectivity index (χ2v) is 9.97. The van der Waals surface area contributed by atoms with Gasteiger partial charge in [-0.3, -0.25) is 14.5 Å². The molecule has 2 heterocycles. The summed E-state index contributed by atoms with van der Waals surface area (Å²) in [6.45, 7) is 8.50. The van der Waals surface area contributed by atoms with Gasteiger partial charge in [0.15, 0.2) is 5.13 Å². The van der Waals surface area contributed by atoms with Gasteiger partial charge in [-0.1, -0.05) is 61.9 Å². The molecule has 172 valence electrons. The van der Waals surface area contributed by atoms with Crippen molar-refractivity contribution in [2.24, 2.45) is 5.92 Å². The highest BCUT2D eigenvalue weighted by atomic mass is 32.1. The van der Waals surface area contributed by atoms with Crippen LogP contribution in [-0.2, 0) is 24.3 Å². The lowest BCUT2D eigenvalue weighted by Gasteiger charge is -2.25. The van der Waals surface area contributed by atoms with E-state index in [0.717, 1.165) is 37.3 Å². The highest BCUT2D eigenvalue weighted by molar-refractivity contribution is 7.15. The van der Waals surface area contributed by atoms with Crippen molar-refractivity contribution in [1.82, 2.24) is 15.2 Å². The van der Waals surface area contributed by atoms with E-state index in [0.29, 0.717) is 10.7 Å². The van der Waals surface area contributed by atoms with Crippen LogP contribution in [0.1, 0.15) is 45.9 Å². The fourth-order valence-corrected chi connectivity index (χ4v) is 4.98. The zero-order chi connectivity index (χ0) is 23.4. The van der Waals surface area contributed by atoms with Gasteiger partial charge in [-0.05, 0) is 30.5 Å². The SMILES string of the molecule is Cc1ccc(C(=O)NC(C(=O)Nc2nc3c(s2)CN(Cc2ccccc2)CC3)C(C)C)cc1. The zero-order valence-electron chi connectivity index (χ0n) is 19.3. The monoisotopic (exact) mass is 462 g/mol. The summed E-state index contributed by atoms with van der Waals surface area (Å²) in [7, 11) is 0. The first-order chi connectivity index (χ1) is 15.9. The molecule has 0 aliphatic carbocycles. The van der Waals surface area contributed by atoms with Gasteiger partial charge in [0.25, 0.3) is 5.91 Å². The topological polar surface area (TPSA) is 74.3 Å². The number of aromatic nitrogens is 1. The van der Waals surface area contributed by atoms with Gasteiger partial charge in [-0.25, -0.2) is 4.98 Å². The van der Waals surface area contributed by atoms with Crippen molar-refractivity contribution in [3.63, 3.8) is 0 Å².